The van der Waals surface area contributed by atoms with Gasteiger partial charge in [0.2, 0.25) is 0 Å². The molecular formula is C20H29N3O2. The number of morpholine rings is 1. The van der Waals surface area contributed by atoms with Gasteiger partial charge in [-0.05, 0) is 30.9 Å². The van der Waals surface area contributed by atoms with E-state index >= 15 is 0 Å². The van der Waals surface area contributed by atoms with E-state index < -0.39 is 0 Å². The molecule has 0 aliphatic carbocycles. The molecule has 0 saturated carbocycles. The Morgan fingerprint density at radius 2 is 2.20 bits per heavy atom. The molecule has 1 aromatic rings. The third-order valence-electron chi connectivity index (χ3n) is 4.90. The molecule has 1 N–H and O–H groups in total. The highest BCUT2D eigenvalue weighted by molar-refractivity contribution is 5.80. The van der Waals surface area contributed by atoms with Gasteiger partial charge in [0.25, 0.3) is 0 Å². The number of ether oxygens (including phenoxy) is 2. The van der Waals surface area contributed by atoms with E-state index in [1.54, 1.807) is 0 Å². The molecule has 1 fully saturated rings. The molecule has 5 heteroatoms. The summed E-state index contributed by atoms with van der Waals surface area (Å²) in [7, 11) is 1.86. The molecule has 1 atom stereocenters. The lowest BCUT2D eigenvalue weighted by atomic mass is 10.0. The van der Waals surface area contributed by atoms with Crippen LogP contribution in [0.15, 0.2) is 40.9 Å². The molecule has 2 aliphatic heterocycles. The summed E-state index contributed by atoms with van der Waals surface area (Å²) in [5.74, 6) is 0.967. The maximum atomic E-state index is 6.02. The number of aliphatic imine (C=N–C) groups is 1. The van der Waals surface area contributed by atoms with Crippen LogP contribution in [0, 0.1) is 6.92 Å². The van der Waals surface area contributed by atoms with E-state index in [0.29, 0.717) is 0 Å². The molecule has 0 radical (unpaired) electrons. The number of rotatable bonds is 4. The fourth-order valence-corrected chi connectivity index (χ4v) is 3.44. The summed E-state index contributed by atoms with van der Waals surface area (Å²) in [6, 6.07) is 8.47. The van der Waals surface area contributed by atoms with Gasteiger partial charge in [-0.15, -0.1) is 0 Å². The van der Waals surface area contributed by atoms with Crippen molar-refractivity contribution in [3.05, 3.63) is 47.0 Å². The summed E-state index contributed by atoms with van der Waals surface area (Å²) < 4.78 is 11.4. The quantitative estimate of drug-likeness (QED) is 0.519. The van der Waals surface area contributed by atoms with E-state index in [4.69, 9.17) is 9.47 Å². The van der Waals surface area contributed by atoms with Crippen LogP contribution in [-0.2, 0) is 9.47 Å². The first kappa shape index (κ1) is 18.0. The minimum absolute atomic E-state index is 0.103. The predicted octanol–water partition coefficient (Wildman–Crippen LogP) is 2.68. The maximum absolute atomic E-state index is 6.02. The SMILES string of the molecule is CN=C(NCCC1=CCOCC1)N1CCOC(c2ccccc2C)C1. The van der Waals surface area contributed by atoms with Crippen LogP contribution in [0.3, 0.4) is 0 Å². The van der Waals surface area contributed by atoms with Crippen molar-refractivity contribution in [3.63, 3.8) is 0 Å². The first-order valence-corrected chi connectivity index (χ1v) is 9.16. The van der Waals surface area contributed by atoms with E-state index in [-0.39, 0.29) is 6.10 Å². The lowest BCUT2D eigenvalue weighted by Crippen LogP contribution is -2.48. The molecule has 1 saturated heterocycles. The van der Waals surface area contributed by atoms with Crippen LogP contribution < -0.4 is 5.32 Å². The topological polar surface area (TPSA) is 46.1 Å². The van der Waals surface area contributed by atoms with Crippen molar-refractivity contribution in [3.8, 4) is 0 Å². The number of hydrogen-bond acceptors (Lipinski definition) is 3. The minimum atomic E-state index is 0.103. The third kappa shape index (κ3) is 4.83. The highest BCUT2D eigenvalue weighted by Gasteiger charge is 2.25. The Morgan fingerprint density at radius 3 is 2.96 bits per heavy atom. The van der Waals surface area contributed by atoms with Gasteiger partial charge in [-0.3, -0.25) is 4.99 Å². The van der Waals surface area contributed by atoms with Gasteiger partial charge >= 0.3 is 0 Å². The summed E-state index contributed by atoms with van der Waals surface area (Å²) in [6.07, 6.45) is 4.41. The van der Waals surface area contributed by atoms with Gasteiger partial charge in [0.1, 0.15) is 6.10 Å². The molecular weight excluding hydrogens is 314 g/mol. The Bertz CT molecular complexity index is 627. The number of benzene rings is 1. The molecule has 2 aliphatic rings. The first-order chi connectivity index (χ1) is 12.3. The second kappa shape index (κ2) is 9.02. The smallest absolute Gasteiger partial charge is 0.193 e. The summed E-state index contributed by atoms with van der Waals surface area (Å²) in [5, 5.41) is 3.51. The van der Waals surface area contributed by atoms with Crippen molar-refractivity contribution in [1.82, 2.24) is 10.2 Å². The molecule has 1 unspecified atom stereocenters. The number of nitrogens with zero attached hydrogens (tertiary/aromatic N) is 2. The molecule has 1 aromatic carbocycles. The summed E-state index contributed by atoms with van der Waals surface area (Å²) >= 11 is 0. The predicted molar refractivity (Wildman–Crippen MR) is 101 cm³/mol. The van der Waals surface area contributed by atoms with E-state index in [0.717, 1.165) is 58.3 Å². The molecule has 25 heavy (non-hydrogen) atoms. The largest absolute Gasteiger partial charge is 0.377 e. The van der Waals surface area contributed by atoms with E-state index in [9.17, 15) is 0 Å². The van der Waals surface area contributed by atoms with E-state index in [2.05, 4.69) is 52.5 Å². The van der Waals surface area contributed by atoms with Crippen molar-refractivity contribution < 1.29 is 9.47 Å². The zero-order chi connectivity index (χ0) is 17.5. The number of nitrogens with one attached hydrogen (secondary N) is 1. The molecule has 3 rings (SSSR count). The van der Waals surface area contributed by atoms with Crippen LogP contribution in [0.1, 0.15) is 30.1 Å². The van der Waals surface area contributed by atoms with E-state index in [1.165, 1.54) is 16.7 Å². The third-order valence-corrected chi connectivity index (χ3v) is 4.90. The average Bonchev–Trinajstić information content (AvgIpc) is 2.66. The Balaban J connectivity index is 1.55. The van der Waals surface area contributed by atoms with Crippen molar-refractivity contribution in [2.24, 2.45) is 4.99 Å². The molecule has 0 bridgehead atoms. The van der Waals surface area contributed by atoms with Gasteiger partial charge in [0, 0.05) is 20.1 Å². The summed E-state index contributed by atoms with van der Waals surface area (Å²) in [4.78, 5) is 6.78. The van der Waals surface area contributed by atoms with Crippen LogP contribution >= 0.6 is 0 Å². The van der Waals surface area contributed by atoms with Gasteiger partial charge in [-0.1, -0.05) is 35.9 Å². The van der Waals surface area contributed by atoms with Gasteiger partial charge < -0.3 is 19.7 Å². The van der Waals surface area contributed by atoms with Gasteiger partial charge in [-0.2, -0.15) is 0 Å². The van der Waals surface area contributed by atoms with Crippen LogP contribution in [0.5, 0.6) is 0 Å². The lowest BCUT2D eigenvalue weighted by molar-refractivity contribution is -0.00829. The molecule has 0 aromatic heterocycles. The number of guanidine groups is 1. The zero-order valence-electron chi connectivity index (χ0n) is 15.3. The number of aryl methyl sites for hydroxylation is 1. The minimum Gasteiger partial charge on any atom is -0.377 e. The summed E-state index contributed by atoms with van der Waals surface area (Å²) in [6.45, 7) is 7.09. The van der Waals surface area contributed by atoms with Crippen molar-refractivity contribution >= 4 is 5.96 Å². The van der Waals surface area contributed by atoms with Crippen molar-refractivity contribution in [1.29, 1.82) is 0 Å². The van der Waals surface area contributed by atoms with Crippen LogP contribution in [-0.4, -0.2) is 57.4 Å². The highest BCUT2D eigenvalue weighted by atomic mass is 16.5. The lowest BCUT2D eigenvalue weighted by Gasteiger charge is -2.35. The Hall–Kier alpha value is -1.85. The monoisotopic (exact) mass is 343 g/mol. The van der Waals surface area contributed by atoms with Gasteiger partial charge in [0.15, 0.2) is 5.96 Å². The Labute approximate surface area is 150 Å². The zero-order valence-corrected chi connectivity index (χ0v) is 15.3. The number of hydrogen-bond donors (Lipinski definition) is 1. The van der Waals surface area contributed by atoms with Gasteiger partial charge in [-0.25, -0.2) is 0 Å². The Kier molecular flexibility index (Phi) is 6.48. The average molecular weight is 343 g/mol. The van der Waals surface area contributed by atoms with Gasteiger partial charge in [0.05, 0.1) is 26.4 Å². The molecule has 5 nitrogen and oxygen atoms in total. The van der Waals surface area contributed by atoms with Crippen LogP contribution in [0.25, 0.3) is 0 Å². The second-order valence-electron chi connectivity index (χ2n) is 6.57. The molecule has 2 heterocycles. The van der Waals surface area contributed by atoms with Crippen LogP contribution in [0.4, 0.5) is 0 Å². The fraction of sp³-hybridized carbons (Fsp3) is 0.550. The highest BCUT2D eigenvalue weighted by Crippen LogP contribution is 2.25. The standard InChI is InChI=1S/C20H29N3O2/c1-16-5-3-4-6-18(16)19-15-23(11-14-25-19)20(21-2)22-10-7-17-8-12-24-13-9-17/h3-6,8,19H,7,9-15H2,1-2H3,(H,21,22). The Morgan fingerprint density at radius 1 is 1.32 bits per heavy atom. The molecule has 0 spiro atoms. The normalized spacial score (nSPS) is 21.8. The van der Waals surface area contributed by atoms with Crippen molar-refractivity contribution in [2.75, 3.05) is 46.5 Å². The van der Waals surface area contributed by atoms with Crippen LogP contribution in [0.2, 0.25) is 0 Å². The molecule has 0 amide bonds. The molecule has 136 valence electrons. The maximum Gasteiger partial charge on any atom is 0.193 e. The van der Waals surface area contributed by atoms with E-state index in [1.807, 2.05) is 7.05 Å². The fourth-order valence-electron chi connectivity index (χ4n) is 3.44. The summed E-state index contributed by atoms with van der Waals surface area (Å²) in [5.41, 5.74) is 4.03. The first-order valence-electron chi connectivity index (χ1n) is 9.16. The second-order valence-corrected chi connectivity index (χ2v) is 6.57. The van der Waals surface area contributed by atoms with Crippen molar-refractivity contribution in [2.45, 2.75) is 25.9 Å².